The summed E-state index contributed by atoms with van der Waals surface area (Å²) in [6.45, 7) is 9.06. The fourth-order valence-corrected chi connectivity index (χ4v) is 3.80. The highest BCUT2D eigenvalue weighted by molar-refractivity contribution is 5.87. The Balaban J connectivity index is 1.65. The van der Waals surface area contributed by atoms with E-state index in [0.29, 0.717) is 0 Å². The van der Waals surface area contributed by atoms with Gasteiger partial charge in [0.25, 0.3) is 0 Å². The van der Waals surface area contributed by atoms with E-state index >= 15 is 0 Å². The molecule has 184 valence electrons. The molecule has 2 N–H and O–H groups in total. The average molecular weight is 476 g/mol. The predicted molar refractivity (Wildman–Crippen MR) is 136 cm³/mol. The number of ether oxygens (including phenoxy) is 1. The van der Waals surface area contributed by atoms with Gasteiger partial charge in [0.15, 0.2) is 0 Å². The number of nitrogens with one attached hydrogen (secondary N) is 1. The monoisotopic (exact) mass is 475 g/mol. The average Bonchev–Trinajstić information content (AvgIpc) is 2.77. The van der Waals surface area contributed by atoms with Crippen molar-refractivity contribution in [1.82, 2.24) is 5.32 Å². The highest BCUT2D eigenvalue weighted by Gasteiger charge is 2.34. The number of carboxylic acid groups (broad SMARTS) is 1. The van der Waals surface area contributed by atoms with Crippen LogP contribution in [0.5, 0.6) is 0 Å². The number of aliphatic carboxylic acids is 1. The minimum Gasteiger partial charge on any atom is -0.480 e. The summed E-state index contributed by atoms with van der Waals surface area (Å²) in [4.78, 5) is 37.1. The number of fused-ring (bicyclic) bond motifs is 1. The number of esters is 1. The number of amides is 1. The predicted octanol–water partition coefficient (Wildman–Crippen LogP) is 4.81. The van der Waals surface area contributed by atoms with Crippen LogP contribution in [0.25, 0.3) is 10.8 Å². The second kappa shape index (κ2) is 10.3. The van der Waals surface area contributed by atoms with E-state index < -0.39 is 23.0 Å². The van der Waals surface area contributed by atoms with E-state index in [1.54, 1.807) is 38.1 Å². The van der Waals surface area contributed by atoms with Crippen molar-refractivity contribution in [1.29, 1.82) is 0 Å². The number of rotatable bonds is 8. The van der Waals surface area contributed by atoms with E-state index in [4.69, 9.17) is 4.74 Å². The summed E-state index contributed by atoms with van der Waals surface area (Å²) in [7, 11) is 0. The van der Waals surface area contributed by atoms with Crippen LogP contribution in [0.3, 0.4) is 0 Å². The van der Waals surface area contributed by atoms with E-state index in [1.165, 1.54) is 0 Å². The first-order valence-electron chi connectivity index (χ1n) is 11.7. The van der Waals surface area contributed by atoms with Crippen molar-refractivity contribution in [3.63, 3.8) is 0 Å². The molecule has 3 aromatic carbocycles. The van der Waals surface area contributed by atoms with Gasteiger partial charge < -0.3 is 15.2 Å². The zero-order valence-corrected chi connectivity index (χ0v) is 20.9. The summed E-state index contributed by atoms with van der Waals surface area (Å²) < 4.78 is 5.54. The van der Waals surface area contributed by atoms with Crippen LogP contribution < -0.4 is 5.32 Å². The molecule has 6 heteroatoms. The standard InChI is InChI=1S/C29H33NO5/c1-28(2,3)35-27(34)29(4,5)23-14-11-19(12-15-23)17-24(26(32)33)30-25(31)18-20-10-13-21-8-6-7-9-22(21)16-20/h6-16,24H,17-18H2,1-5H3,(H,30,31)(H,32,33)/t24-/m1/s1. The second-order valence-corrected chi connectivity index (χ2v) is 10.3. The highest BCUT2D eigenvalue weighted by atomic mass is 16.6. The van der Waals surface area contributed by atoms with E-state index in [2.05, 4.69) is 5.32 Å². The molecule has 0 aliphatic carbocycles. The summed E-state index contributed by atoms with van der Waals surface area (Å²) in [5.41, 5.74) is 0.883. The summed E-state index contributed by atoms with van der Waals surface area (Å²) >= 11 is 0. The number of carboxylic acids is 1. The van der Waals surface area contributed by atoms with Gasteiger partial charge in [-0.05, 0) is 62.1 Å². The fraction of sp³-hybridized carbons (Fsp3) is 0.345. The third kappa shape index (κ3) is 6.92. The van der Waals surface area contributed by atoms with Gasteiger partial charge >= 0.3 is 11.9 Å². The number of hydrogen-bond donors (Lipinski definition) is 2. The lowest BCUT2D eigenvalue weighted by molar-refractivity contribution is -0.160. The van der Waals surface area contributed by atoms with Crippen molar-refractivity contribution in [2.45, 2.75) is 64.5 Å². The zero-order chi connectivity index (χ0) is 25.8. The van der Waals surface area contributed by atoms with Crippen LogP contribution in [0.1, 0.15) is 51.3 Å². The number of carbonyl (C=O) groups excluding carboxylic acids is 2. The lowest BCUT2D eigenvalue weighted by Gasteiger charge is -2.29. The molecule has 0 saturated heterocycles. The van der Waals surface area contributed by atoms with Gasteiger partial charge in [-0.3, -0.25) is 9.59 Å². The van der Waals surface area contributed by atoms with Crippen LogP contribution in [0.4, 0.5) is 0 Å². The first kappa shape index (κ1) is 25.9. The Hall–Kier alpha value is -3.67. The molecule has 0 unspecified atom stereocenters. The van der Waals surface area contributed by atoms with Gasteiger partial charge in [0, 0.05) is 6.42 Å². The smallest absolute Gasteiger partial charge is 0.326 e. The first-order valence-corrected chi connectivity index (χ1v) is 11.7. The van der Waals surface area contributed by atoms with E-state index in [-0.39, 0.29) is 24.7 Å². The van der Waals surface area contributed by atoms with Crippen molar-refractivity contribution in [2.24, 2.45) is 0 Å². The number of benzene rings is 3. The third-order valence-electron chi connectivity index (χ3n) is 5.84. The Labute approximate surface area is 206 Å². The molecule has 0 spiro atoms. The van der Waals surface area contributed by atoms with Gasteiger partial charge in [-0.25, -0.2) is 4.79 Å². The van der Waals surface area contributed by atoms with Crippen LogP contribution in [0.2, 0.25) is 0 Å². The molecule has 3 rings (SSSR count). The molecule has 0 aromatic heterocycles. The Kier molecular flexibility index (Phi) is 7.64. The molecule has 1 amide bonds. The van der Waals surface area contributed by atoms with Crippen molar-refractivity contribution in [3.05, 3.63) is 83.4 Å². The summed E-state index contributed by atoms with van der Waals surface area (Å²) in [5, 5.41) is 14.4. The molecule has 0 aliphatic heterocycles. The Morgan fingerprint density at radius 3 is 2.06 bits per heavy atom. The van der Waals surface area contributed by atoms with E-state index in [1.807, 2.05) is 63.2 Å². The van der Waals surface area contributed by atoms with Gasteiger partial charge in [-0.1, -0.05) is 66.7 Å². The van der Waals surface area contributed by atoms with Crippen LogP contribution in [-0.2, 0) is 37.4 Å². The largest absolute Gasteiger partial charge is 0.480 e. The molecule has 1 atom stereocenters. The molecule has 0 radical (unpaired) electrons. The summed E-state index contributed by atoms with van der Waals surface area (Å²) in [5.74, 6) is -1.78. The lowest BCUT2D eigenvalue weighted by atomic mass is 9.84. The van der Waals surface area contributed by atoms with Crippen molar-refractivity contribution in [2.75, 3.05) is 0 Å². The second-order valence-electron chi connectivity index (χ2n) is 10.3. The normalized spacial score (nSPS) is 12.7. The molecule has 35 heavy (non-hydrogen) atoms. The van der Waals surface area contributed by atoms with Gasteiger partial charge in [-0.15, -0.1) is 0 Å². The minimum atomic E-state index is -1.10. The van der Waals surface area contributed by atoms with Gasteiger partial charge in [-0.2, -0.15) is 0 Å². The maximum absolute atomic E-state index is 12.6. The molecule has 0 aliphatic rings. The molecular formula is C29H33NO5. The number of hydrogen-bond acceptors (Lipinski definition) is 4. The van der Waals surface area contributed by atoms with Gasteiger partial charge in [0.05, 0.1) is 11.8 Å². The molecule has 0 heterocycles. The number of carbonyl (C=O) groups is 3. The molecule has 6 nitrogen and oxygen atoms in total. The van der Waals surface area contributed by atoms with Crippen LogP contribution in [-0.4, -0.2) is 34.6 Å². The van der Waals surface area contributed by atoms with Crippen molar-refractivity contribution < 1.29 is 24.2 Å². The first-order chi connectivity index (χ1) is 16.3. The van der Waals surface area contributed by atoms with Crippen LogP contribution >= 0.6 is 0 Å². The Bertz CT molecular complexity index is 1220. The van der Waals surface area contributed by atoms with Crippen LogP contribution in [0.15, 0.2) is 66.7 Å². The SMILES string of the molecule is CC(C)(C)OC(=O)C(C)(C)c1ccc(C[C@@H](NC(=O)Cc2ccc3ccccc3c2)C(=O)O)cc1. The maximum atomic E-state index is 12.6. The zero-order valence-electron chi connectivity index (χ0n) is 20.9. The molecule has 0 fully saturated rings. The lowest BCUT2D eigenvalue weighted by Crippen LogP contribution is -2.43. The molecular weight excluding hydrogens is 442 g/mol. The highest BCUT2D eigenvalue weighted by Crippen LogP contribution is 2.27. The van der Waals surface area contributed by atoms with Crippen molar-refractivity contribution >= 4 is 28.6 Å². The molecule has 0 saturated carbocycles. The van der Waals surface area contributed by atoms with Gasteiger partial charge in [0.1, 0.15) is 11.6 Å². The summed E-state index contributed by atoms with van der Waals surface area (Å²) in [6, 6.07) is 19.7. The van der Waals surface area contributed by atoms with Gasteiger partial charge in [0.2, 0.25) is 5.91 Å². The van der Waals surface area contributed by atoms with E-state index in [9.17, 15) is 19.5 Å². The fourth-order valence-electron chi connectivity index (χ4n) is 3.80. The quantitative estimate of drug-likeness (QED) is 0.456. The third-order valence-corrected chi connectivity index (χ3v) is 5.84. The topological polar surface area (TPSA) is 92.7 Å². The van der Waals surface area contributed by atoms with E-state index in [0.717, 1.165) is 27.5 Å². The Morgan fingerprint density at radius 1 is 0.857 bits per heavy atom. The van der Waals surface area contributed by atoms with Crippen LogP contribution in [0, 0.1) is 0 Å². The Morgan fingerprint density at radius 2 is 1.46 bits per heavy atom. The molecule has 0 bridgehead atoms. The minimum absolute atomic E-state index is 0.0949. The molecule has 3 aromatic rings. The van der Waals surface area contributed by atoms with Crippen molar-refractivity contribution in [3.8, 4) is 0 Å². The summed E-state index contributed by atoms with van der Waals surface area (Å²) in [6.07, 6.45) is 0.226. The maximum Gasteiger partial charge on any atom is 0.326 e.